The van der Waals surface area contributed by atoms with Gasteiger partial charge < -0.3 is 15.4 Å². The van der Waals surface area contributed by atoms with Gasteiger partial charge in [0.15, 0.2) is 0 Å². The number of ether oxygens (including phenoxy) is 1. The van der Waals surface area contributed by atoms with Gasteiger partial charge in [-0.05, 0) is 11.6 Å². The van der Waals surface area contributed by atoms with Crippen LogP contribution in [0, 0.1) is 0 Å². The van der Waals surface area contributed by atoms with Crippen molar-refractivity contribution < 1.29 is 24.2 Å². The Balaban J connectivity index is 2.48. The zero-order valence-electron chi connectivity index (χ0n) is 9.31. The van der Waals surface area contributed by atoms with E-state index >= 15 is 0 Å². The molecule has 1 N–H and O–H groups in total. The van der Waals surface area contributed by atoms with Gasteiger partial charge in [-0.25, -0.2) is 9.59 Å². The van der Waals surface area contributed by atoms with Crippen molar-refractivity contribution >= 4 is 23.7 Å². The van der Waals surface area contributed by atoms with E-state index in [0.29, 0.717) is 0 Å². The van der Waals surface area contributed by atoms with Crippen molar-refractivity contribution in [3.05, 3.63) is 47.5 Å². The molecule has 6 heteroatoms. The molecule has 0 aliphatic carbocycles. The van der Waals surface area contributed by atoms with Crippen LogP contribution in [-0.4, -0.2) is 34.2 Å². The predicted octanol–water partition coefficient (Wildman–Crippen LogP) is 0.998. The zero-order chi connectivity index (χ0) is 13.4. The number of carbonyl (C=O) groups excluding carboxylic acids is 1. The summed E-state index contributed by atoms with van der Waals surface area (Å²) in [6.07, 6.45) is 3.26. The fourth-order valence-corrected chi connectivity index (χ4v) is 1.11. The van der Waals surface area contributed by atoms with Crippen LogP contribution in [0.15, 0.2) is 36.4 Å². The lowest BCUT2D eigenvalue weighted by atomic mass is 10.2. The molecule has 1 rings (SSSR count). The molecule has 1 aromatic rings. The van der Waals surface area contributed by atoms with Crippen molar-refractivity contribution in [1.29, 1.82) is 0 Å². The molecular weight excluding hydrogens is 236 g/mol. The Hall–Kier alpha value is -2.72. The van der Waals surface area contributed by atoms with Crippen LogP contribution < -0.4 is 0 Å². The Morgan fingerprint density at radius 3 is 2.56 bits per heavy atom. The third-order valence-electron chi connectivity index (χ3n) is 1.92. The fourth-order valence-electron chi connectivity index (χ4n) is 1.11. The van der Waals surface area contributed by atoms with E-state index < -0.39 is 17.7 Å². The molecule has 0 aromatic heterocycles. The van der Waals surface area contributed by atoms with Gasteiger partial charge in [0, 0.05) is 0 Å². The van der Waals surface area contributed by atoms with Crippen LogP contribution in [0.4, 0.5) is 0 Å². The Morgan fingerprint density at radius 2 is 2.00 bits per heavy atom. The SMILES string of the molecule is [N-]=[N+]=C(C(=O)O)C(=O)OC/C=C\c1ccccc1. The normalized spacial score (nSPS) is 9.78. The summed E-state index contributed by atoms with van der Waals surface area (Å²) >= 11 is 0. The summed E-state index contributed by atoms with van der Waals surface area (Å²) in [5.41, 5.74) is 8.16. The first-order valence-electron chi connectivity index (χ1n) is 4.99. The lowest BCUT2D eigenvalue weighted by Crippen LogP contribution is -2.27. The van der Waals surface area contributed by atoms with Gasteiger partial charge >= 0.3 is 17.7 Å². The van der Waals surface area contributed by atoms with Gasteiger partial charge in [-0.3, -0.25) is 0 Å². The van der Waals surface area contributed by atoms with Gasteiger partial charge in [0.05, 0.1) is 0 Å². The molecule has 1 aromatic carbocycles. The molecule has 18 heavy (non-hydrogen) atoms. The average molecular weight is 246 g/mol. The van der Waals surface area contributed by atoms with Crippen molar-refractivity contribution in [2.45, 2.75) is 0 Å². The third-order valence-corrected chi connectivity index (χ3v) is 1.92. The standard InChI is InChI=1S/C12H10N2O4/c13-14-10(11(15)16)12(17)18-8-4-7-9-5-2-1-3-6-9/h1-7H,8H2,(H,15,16)/b7-4-. The van der Waals surface area contributed by atoms with E-state index in [0.717, 1.165) is 5.56 Å². The number of carboxylic acids is 1. The highest BCUT2D eigenvalue weighted by Gasteiger charge is 2.30. The molecule has 0 aliphatic heterocycles. The number of rotatable bonds is 5. The maximum atomic E-state index is 11.1. The summed E-state index contributed by atoms with van der Waals surface area (Å²) in [7, 11) is 0. The number of aliphatic carboxylic acids is 1. The second-order valence-corrected chi connectivity index (χ2v) is 3.17. The van der Waals surface area contributed by atoms with Gasteiger partial charge in [-0.2, -0.15) is 4.79 Å². The molecule has 0 amide bonds. The molecule has 92 valence electrons. The molecule has 0 spiro atoms. The van der Waals surface area contributed by atoms with E-state index in [1.165, 1.54) is 0 Å². The minimum atomic E-state index is -1.64. The highest BCUT2D eigenvalue weighted by Crippen LogP contribution is 2.00. The Kier molecular flexibility index (Phi) is 5.02. The van der Waals surface area contributed by atoms with Crippen LogP contribution in [0.25, 0.3) is 11.6 Å². The first-order chi connectivity index (χ1) is 8.65. The fraction of sp³-hybridized carbons (Fsp3) is 0.0833. The first kappa shape index (κ1) is 13.3. The summed E-state index contributed by atoms with van der Waals surface area (Å²) in [5, 5.41) is 8.47. The van der Waals surface area contributed by atoms with Crippen molar-refractivity contribution in [3.8, 4) is 0 Å². The van der Waals surface area contributed by atoms with Gasteiger partial charge in [0.1, 0.15) is 6.61 Å². The number of carboxylic acid groups (broad SMARTS) is 1. The Labute approximate surface area is 103 Å². The zero-order valence-corrected chi connectivity index (χ0v) is 9.31. The van der Waals surface area contributed by atoms with E-state index in [1.807, 2.05) is 30.3 Å². The molecular formula is C12H10N2O4. The molecule has 6 nitrogen and oxygen atoms in total. The van der Waals surface area contributed by atoms with Crippen molar-refractivity contribution in [3.63, 3.8) is 0 Å². The quantitative estimate of drug-likeness (QED) is 0.275. The van der Waals surface area contributed by atoms with Crippen LogP contribution in [-0.2, 0) is 14.3 Å². The number of esters is 1. The molecule has 0 radical (unpaired) electrons. The molecule has 0 heterocycles. The maximum Gasteiger partial charge on any atom is 0.482 e. The van der Waals surface area contributed by atoms with Crippen LogP contribution in [0.1, 0.15) is 5.56 Å². The third kappa shape index (κ3) is 4.03. The lowest BCUT2D eigenvalue weighted by molar-refractivity contribution is -0.145. The molecule has 0 bridgehead atoms. The van der Waals surface area contributed by atoms with Crippen LogP contribution in [0.2, 0.25) is 0 Å². The average Bonchev–Trinajstić information content (AvgIpc) is 2.36. The molecule has 0 saturated heterocycles. The van der Waals surface area contributed by atoms with Crippen LogP contribution >= 0.6 is 0 Å². The predicted molar refractivity (Wildman–Crippen MR) is 62.7 cm³/mol. The molecule has 0 saturated carbocycles. The number of carbonyl (C=O) groups is 2. The van der Waals surface area contributed by atoms with E-state index in [4.69, 9.17) is 10.6 Å². The van der Waals surface area contributed by atoms with E-state index in [2.05, 4.69) is 9.53 Å². The largest absolute Gasteiger partial charge is 0.482 e. The number of hydrogen-bond acceptors (Lipinski definition) is 3. The number of nitrogens with zero attached hydrogens (tertiary/aromatic N) is 2. The minimum absolute atomic E-state index is 0.111. The second kappa shape index (κ2) is 6.78. The van der Waals surface area contributed by atoms with E-state index in [-0.39, 0.29) is 6.61 Å². The van der Waals surface area contributed by atoms with Crippen LogP contribution in [0.5, 0.6) is 0 Å². The maximum absolute atomic E-state index is 11.1. The molecule has 0 aliphatic rings. The van der Waals surface area contributed by atoms with Gasteiger partial charge in [-0.15, -0.1) is 0 Å². The smallest absolute Gasteiger partial charge is 0.472 e. The highest BCUT2D eigenvalue weighted by atomic mass is 16.5. The van der Waals surface area contributed by atoms with Gasteiger partial charge in [0.2, 0.25) is 0 Å². The second-order valence-electron chi connectivity index (χ2n) is 3.17. The van der Waals surface area contributed by atoms with Crippen molar-refractivity contribution in [2.75, 3.05) is 6.61 Å². The van der Waals surface area contributed by atoms with Crippen molar-refractivity contribution in [1.82, 2.24) is 0 Å². The highest BCUT2D eigenvalue weighted by molar-refractivity contribution is 6.60. The summed E-state index contributed by atoms with van der Waals surface area (Å²) in [6.45, 7) is -0.111. The van der Waals surface area contributed by atoms with E-state index in [1.54, 1.807) is 12.2 Å². The number of benzene rings is 1. The summed E-state index contributed by atoms with van der Waals surface area (Å²) in [6, 6.07) is 9.29. The molecule has 0 fully saturated rings. The summed E-state index contributed by atoms with van der Waals surface area (Å²) in [5.74, 6) is -2.84. The first-order valence-corrected chi connectivity index (χ1v) is 4.99. The topological polar surface area (TPSA) is 100 Å². The summed E-state index contributed by atoms with van der Waals surface area (Å²) in [4.78, 5) is 23.9. The molecule has 0 unspecified atom stereocenters. The molecule has 0 atom stereocenters. The van der Waals surface area contributed by atoms with Gasteiger partial charge in [0.25, 0.3) is 0 Å². The minimum Gasteiger partial charge on any atom is -0.472 e. The number of hydrogen-bond donors (Lipinski definition) is 1. The Morgan fingerprint density at radius 1 is 1.33 bits per heavy atom. The lowest BCUT2D eigenvalue weighted by Gasteiger charge is -1.95. The van der Waals surface area contributed by atoms with Gasteiger partial charge in [-0.1, -0.05) is 36.4 Å². The van der Waals surface area contributed by atoms with E-state index in [9.17, 15) is 9.59 Å². The Bertz CT molecular complexity index is 516. The van der Waals surface area contributed by atoms with Crippen molar-refractivity contribution in [2.24, 2.45) is 0 Å². The van der Waals surface area contributed by atoms with Crippen LogP contribution in [0.3, 0.4) is 0 Å². The summed E-state index contributed by atoms with van der Waals surface area (Å²) < 4.78 is 4.58. The monoisotopic (exact) mass is 246 g/mol.